The van der Waals surface area contributed by atoms with Crippen LogP contribution in [0.3, 0.4) is 0 Å². The zero-order valence-corrected chi connectivity index (χ0v) is 19.3. The lowest BCUT2D eigenvalue weighted by Gasteiger charge is -2.37. The van der Waals surface area contributed by atoms with Gasteiger partial charge >= 0.3 is 0 Å². The molecule has 172 valence electrons. The first kappa shape index (κ1) is 22.6. The van der Waals surface area contributed by atoms with E-state index < -0.39 is 0 Å². The number of amides is 1. The second-order valence-electron chi connectivity index (χ2n) is 9.02. The highest BCUT2D eigenvalue weighted by Crippen LogP contribution is 2.28. The van der Waals surface area contributed by atoms with E-state index in [4.69, 9.17) is 14.7 Å². The molecule has 0 saturated carbocycles. The number of rotatable bonds is 6. The van der Waals surface area contributed by atoms with Crippen molar-refractivity contribution in [2.75, 3.05) is 44.3 Å². The Kier molecular flexibility index (Phi) is 7.04. The summed E-state index contributed by atoms with van der Waals surface area (Å²) >= 11 is 0. The number of hydrogen-bond acceptors (Lipinski definition) is 5. The topological polar surface area (TPSA) is 58.6 Å². The summed E-state index contributed by atoms with van der Waals surface area (Å²) in [6.45, 7) is 10.4. The highest BCUT2D eigenvalue weighted by molar-refractivity contribution is 5.79. The molecule has 32 heavy (non-hydrogen) atoms. The van der Waals surface area contributed by atoms with E-state index in [1.54, 1.807) is 0 Å². The molecule has 1 aromatic heterocycles. The van der Waals surface area contributed by atoms with Gasteiger partial charge in [0, 0.05) is 56.4 Å². The maximum Gasteiger partial charge on any atom is 0.228 e. The first-order valence-corrected chi connectivity index (χ1v) is 11.7. The zero-order chi connectivity index (χ0) is 22.7. The lowest BCUT2D eigenvalue weighted by Crippen LogP contribution is -2.51. The minimum Gasteiger partial charge on any atom is -0.381 e. The Hall–Kier alpha value is -2.54. The van der Waals surface area contributed by atoms with Crippen molar-refractivity contribution in [1.82, 2.24) is 14.9 Å². The Balaban J connectivity index is 1.59. The Morgan fingerprint density at radius 2 is 1.88 bits per heavy atom. The molecule has 4 rings (SSSR count). The van der Waals surface area contributed by atoms with E-state index in [1.807, 2.05) is 17.0 Å². The first-order valence-electron chi connectivity index (χ1n) is 11.7. The molecule has 1 unspecified atom stereocenters. The fourth-order valence-corrected chi connectivity index (χ4v) is 4.46. The lowest BCUT2D eigenvalue weighted by molar-refractivity contribution is -0.135. The number of piperazine rings is 1. The van der Waals surface area contributed by atoms with Gasteiger partial charge in [-0.3, -0.25) is 4.79 Å². The van der Waals surface area contributed by atoms with Crippen molar-refractivity contribution in [2.45, 2.75) is 46.0 Å². The van der Waals surface area contributed by atoms with Gasteiger partial charge in [0.25, 0.3) is 0 Å². The van der Waals surface area contributed by atoms with Crippen LogP contribution in [0.5, 0.6) is 0 Å². The molecule has 2 aromatic rings. The average molecular weight is 441 g/mol. The Labute approximate surface area is 189 Å². The fraction of sp³-hybridized carbons (Fsp3) is 0.560. The maximum absolute atomic E-state index is 13.4. The second kappa shape index (κ2) is 9.94. The van der Waals surface area contributed by atoms with Gasteiger partial charge in [-0.1, -0.05) is 32.9 Å². The third kappa shape index (κ3) is 4.93. The van der Waals surface area contributed by atoms with Crippen LogP contribution < -0.4 is 4.90 Å². The van der Waals surface area contributed by atoms with Crippen LogP contribution >= 0.6 is 0 Å². The van der Waals surface area contributed by atoms with Crippen molar-refractivity contribution in [3.63, 3.8) is 0 Å². The maximum atomic E-state index is 13.4. The van der Waals surface area contributed by atoms with Gasteiger partial charge in [0.1, 0.15) is 17.5 Å². The highest BCUT2D eigenvalue weighted by Gasteiger charge is 2.31. The molecule has 1 aromatic carbocycles. The molecule has 1 amide bonds. The van der Waals surface area contributed by atoms with Crippen LogP contribution in [0.4, 0.5) is 10.2 Å². The molecule has 7 heteroatoms. The monoisotopic (exact) mass is 440 g/mol. The predicted octanol–water partition coefficient (Wildman–Crippen LogP) is 3.58. The summed E-state index contributed by atoms with van der Waals surface area (Å²) in [5.41, 5.74) is 3.19. The fourth-order valence-electron chi connectivity index (χ4n) is 4.46. The van der Waals surface area contributed by atoms with Crippen LogP contribution in [0.25, 0.3) is 0 Å². The molecule has 0 radical (unpaired) electrons. The summed E-state index contributed by atoms with van der Waals surface area (Å²) in [4.78, 5) is 26.9. The number of hydrogen-bond donors (Lipinski definition) is 0. The third-order valence-corrected chi connectivity index (χ3v) is 6.40. The number of ether oxygens (including phenoxy) is 1. The van der Waals surface area contributed by atoms with Crippen LogP contribution in [0.15, 0.2) is 24.3 Å². The largest absolute Gasteiger partial charge is 0.381 e. The van der Waals surface area contributed by atoms with Crippen LogP contribution in [-0.2, 0) is 22.4 Å². The standard InChI is InChI=1S/C25H33FN4O2/c1-4-22-21(15-18-5-7-20(26)8-6-18)24(28-23(27-22)17(2)3)29-10-12-30(13-11-29)25(31)19-9-14-32-16-19/h5-8,17,19H,4,9-16H2,1-3H3. The summed E-state index contributed by atoms with van der Waals surface area (Å²) < 4.78 is 18.8. The van der Waals surface area contributed by atoms with E-state index >= 15 is 0 Å². The summed E-state index contributed by atoms with van der Waals surface area (Å²) in [5, 5.41) is 0. The molecule has 0 bridgehead atoms. The molecule has 1 atom stereocenters. The molecule has 0 N–H and O–H groups in total. The SMILES string of the molecule is CCc1nc(C(C)C)nc(N2CCN(C(=O)C3CCOC3)CC2)c1Cc1ccc(F)cc1. The summed E-state index contributed by atoms with van der Waals surface area (Å²) in [6, 6.07) is 6.66. The molecule has 2 saturated heterocycles. The predicted molar refractivity (Wildman–Crippen MR) is 122 cm³/mol. The first-order chi connectivity index (χ1) is 15.5. The normalized spacial score (nSPS) is 19.1. The molecule has 2 aliphatic heterocycles. The van der Waals surface area contributed by atoms with Crippen molar-refractivity contribution in [3.05, 3.63) is 52.7 Å². The molecule has 0 aliphatic carbocycles. The number of nitrogens with zero attached hydrogens (tertiary/aromatic N) is 4. The number of halogens is 1. The van der Waals surface area contributed by atoms with Crippen LogP contribution in [0, 0.1) is 11.7 Å². The zero-order valence-electron chi connectivity index (χ0n) is 19.3. The number of carbonyl (C=O) groups is 1. The Bertz CT molecular complexity index is 934. The van der Waals surface area contributed by atoms with Crippen molar-refractivity contribution < 1.29 is 13.9 Å². The Morgan fingerprint density at radius 1 is 1.16 bits per heavy atom. The molecule has 2 aliphatic rings. The van der Waals surface area contributed by atoms with Gasteiger partial charge in [-0.25, -0.2) is 14.4 Å². The van der Waals surface area contributed by atoms with Crippen molar-refractivity contribution >= 4 is 11.7 Å². The summed E-state index contributed by atoms with van der Waals surface area (Å²) in [6.07, 6.45) is 2.30. The molecule has 0 spiro atoms. The molecule has 2 fully saturated rings. The summed E-state index contributed by atoms with van der Waals surface area (Å²) in [5.74, 6) is 2.03. The van der Waals surface area contributed by atoms with Crippen molar-refractivity contribution in [1.29, 1.82) is 0 Å². The van der Waals surface area contributed by atoms with Gasteiger partial charge in [-0.2, -0.15) is 0 Å². The average Bonchev–Trinajstić information content (AvgIpc) is 3.35. The van der Waals surface area contributed by atoms with E-state index in [2.05, 4.69) is 25.7 Å². The molecular weight excluding hydrogens is 407 g/mol. The second-order valence-corrected chi connectivity index (χ2v) is 9.02. The van der Waals surface area contributed by atoms with Gasteiger partial charge in [-0.05, 0) is 30.5 Å². The van der Waals surface area contributed by atoms with E-state index in [0.29, 0.717) is 32.7 Å². The van der Waals surface area contributed by atoms with Gasteiger partial charge in [0.15, 0.2) is 0 Å². The minimum atomic E-state index is -0.232. The van der Waals surface area contributed by atoms with Crippen LogP contribution in [0.2, 0.25) is 0 Å². The summed E-state index contributed by atoms with van der Waals surface area (Å²) in [7, 11) is 0. The highest BCUT2D eigenvalue weighted by atomic mass is 19.1. The van der Waals surface area contributed by atoms with Gasteiger partial charge < -0.3 is 14.5 Å². The van der Waals surface area contributed by atoms with E-state index in [0.717, 1.165) is 54.4 Å². The van der Waals surface area contributed by atoms with E-state index in [-0.39, 0.29) is 23.6 Å². The lowest BCUT2D eigenvalue weighted by atomic mass is 10.0. The number of aryl methyl sites for hydroxylation is 1. The van der Waals surface area contributed by atoms with Gasteiger partial charge in [0.2, 0.25) is 5.91 Å². The number of aromatic nitrogens is 2. The van der Waals surface area contributed by atoms with E-state index in [1.165, 1.54) is 12.1 Å². The molecule has 3 heterocycles. The molecular formula is C25H33FN4O2. The number of benzene rings is 1. The Morgan fingerprint density at radius 3 is 2.47 bits per heavy atom. The number of carbonyl (C=O) groups excluding carboxylic acids is 1. The van der Waals surface area contributed by atoms with Crippen molar-refractivity contribution in [3.8, 4) is 0 Å². The van der Waals surface area contributed by atoms with E-state index in [9.17, 15) is 9.18 Å². The molecule has 6 nitrogen and oxygen atoms in total. The van der Waals surface area contributed by atoms with Gasteiger partial charge in [-0.15, -0.1) is 0 Å². The van der Waals surface area contributed by atoms with Crippen molar-refractivity contribution in [2.24, 2.45) is 5.92 Å². The quantitative estimate of drug-likeness (QED) is 0.687. The van der Waals surface area contributed by atoms with Gasteiger partial charge in [0.05, 0.1) is 12.5 Å². The smallest absolute Gasteiger partial charge is 0.228 e. The number of anilines is 1. The third-order valence-electron chi connectivity index (χ3n) is 6.40. The minimum absolute atomic E-state index is 0.00822. The van der Waals surface area contributed by atoms with Crippen LogP contribution in [-0.4, -0.2) is 60.2 Å². The van der Waals surface area contributed by atoms with Crippen LogP contribution in [0.1, 0.15) is 55.8 Å².